The molecule has 2 fully saturated rings. The van der Waals surface area contributed by atoms with Crippen molar-refractivity contribution in [2.45, 2.75) is 81.8 Å². The third kappa shape index (κ3) is 6.55. The lowest BCUT2D eigenvalue weighted by molar-refractivity contribution is -0.407. The van der Waals surface area contributed by atoms with Crippen molar-refractivity contribution in [3.63, 3.8) is 0 Å². The van der Waals surface area contributed by atoms with Gasteiger partial charge in [-0.2, -0.15) is 12.7 Å². The average Bonchev–Trinajstić information content (AvgIpc) is 3.28. The zero-order valence-corrected chi connectivity index (χ0v) is 25.5. The maximum atomic E-state index is 13.8. The molecule has 3 heterocycles. The monoisotopic (exact) mass is 617 g/mol. The molecule has 14 heteroatoms. The van der Waals surface area contributed by atoms with Gasteiger partial charge in [-0.05, 0) is 36.8 Å². The van der Waals surface area contributed by atoms with E-state index in [9.17, 15) is 27.6 Å². The minimum absolute atomic E-state index is 0.0208. The van der Waals surface area contributed by atoms with Gasteiger partial charge < -0.3 is 20.7 Å². The Morgan fingerprint density at radius 2 is 1.81 bits per heavy atom. The van der Waals surface area contributed by atoms with Gasteiger partial charge in [0.05, 0.1) is 6.54 Å². The minimum Gasteiger partial charge on any atom is -0.444 e. The second kappa shape index (κ2) is 12.2. The van der Waals surface area contributed by atoms with Crippen LogP contribution in [0.25, 0.3) is 0 Å². The van der Waals surface area contributed by atoms with Crippen LogP contribution in [0.2, 0.25) is 0 Å². The fourth-order valence-corrected chi connectivity index (χ4v) is 6.69. The molecule has 0 spiro atoms. The van der Waals surface area contributed by atoms with Crippen molar-refractivity contribution in [2.75, 3.05) is 20.6 Å². The van der Waals surface area contributed by atoms with Gasteiger partial charge in [0, 0.05) is 45.9 Å². The van der Waals surface area contributed by atoms with Crippen molar-refractivity contribution in [1.82, 2.24) is 24.1 Å². The van der Waals surface area contributed by atoms with Crippen LogP contribution < -0.4 is 15.8 Å². The van der Waals surface area contributed by atoms with Crippen molar-refractivity contribution < 1.29 is 38.1 Å². The Balaban J connectivity index is 1.35. The Labute approximate surface area is 251 Å². The number of rotatable bonds is 4. The van der Waals surface area contributed by atoms with E-state index in [0.717, 1.165) is 41.1 Å². The van der Waals surface area contributed by atoms with Crippen LogP contribution in [0.5, 0.6) is 0 Å². The molecule has 1 aromatic carbocycles. The number of carbonyl (C=O) groups is 4. The summed E-state index contributed by atoms with van der Waals surface area (Å²) in [6, 6.07) is 6.15. The summed E-state index contributed by atoms with van der Waals surface area (Å²) in [5.41, 5.74) is 4.66. The largest absolute Gasteiger partial charge is 0.444 e. The van der Waals surface area contributed by atoms with Crippen LogP contribution in [0.1, 0.15) is 56.1 Å². The molecule has 4 aliphatic rings. The van der Waals surface area contributed by atoms with Gasteiger partial charge >= 0.3 is 16.3 Å². The highest BCUT2D eigenvalue weighted by molar-refractivity contribution is 7.87. The molecular weight excluding hydrogens is 576 g/mol. The number of ether oxygens (including phenoxy) is 1. The quantitative estimate of drug-likeness (QED) is 0.400. The summed E-state index contributed by atoms with van der Waals surface area (Å²) in [5.74, 6) is -2.16. The second-order valence-electron chi connectivity index (χ2n) is 12.1. The molecule has 5 N–H and O–H groups in total. The summed E-state index contributed by atoms with van der Waals surface area (Å²) in [4.78, 5) is 56.8. The molecule has 1 saturated heterocycles. The van der Waals surface area contributed by atoms with Crippen LogP contribution >= 0.6 is 0 Å². The molecule has 3 aliphatic heterocycles. The van der Waals surface area contributed by atoms with E-state index in [1.807, 2.05) is 36.4 Å². The summed E-state index contributed by atoms with van der Waals surface area (Å²) in [7, 11) is -1.51. The Morgan fingerprint density at radius 1 is 1.12 bits per heavy atom. The molecule has 0 unspecified atom stereocenters. The molecule has 234 valence electrons. The third-order valence-electron chi connectivity index (χ3n) is 8.82. The SMILES string of the molecule is CN(C)S(=O)(=O)NC(=O)[C@@]12C[C@@H]1/C=C\CCCCC[C@H]([NH3+])C(=O)N1C[C@H](OC(=O)N3Cc4ccccc4C3)C[C@H]1C(=O)N2. The van der Waals surface area contributed by atoms with E-state index in [1.165, 1.54) is 19.0 Å². The molecule has 1 aromatic rings. The molecule has 1 aliphatic carbocycles. The number of allylic oxidation sites excluding steroid dienone is 1. The number of nitrogens with one attached hydrogen (secondary N) is 2. The number of hydrogen-bond acceptors (Lipinski definition) is 7. The van der Waals surface area contributed by atoms with Crippen molar-refractivity contribution in [3.05, 3.63) is 47.5 Å². The highest BCUT2D eigenvalue weighted by Gasteiger charge is 2.61. The lowest BCUT2D eigenvalue weighted by atomic mass is 10.1. The van der Waals surface area contributed by atoms with Gasteiger partial charge in [0.25, 0.3) is 11.8 Å². The highest BCUT2D eigenvalue weighted by Crippen LogP contribution is 2.45. The number of fused-ring (bicyclic) bond motifs is 3. The maximum absolute atomic E-state index is 13.8. The van der Waals surface area contributed by atoms with E-state index in [0.29, 0.717) is 19.5 Å². The van der Waals surface area contributed by atoms with Crippen molar-refractivity contribution >= 4 is 34.0 Å². The first kappa shape index (κ1) is 31.0. The second-order valence-corrected chi connectivity index (χ2v) is 14.0. The van der Waals surface area contributed by atoms with Crippen molar-refractivity contribution in [2.24, 2.45) is 5.92 Å². The van der Waals surface area contributed by atoms with E-state index < -0.39 is 57.8 Å². The molecular formula is C29H41N6O7S+. The van der Waals surface area contributed by atoms with Gasteiger partial charge in [-0.15, -0.1) is 0 Å². The van der Waals surface area contributed by atoms with E-state index in [-0.39, 0.29) is 25.3 Å². The standard InChI is InChI=1S/C29H40N6O7S/c1-33(2)43(40,41)32-27(38)29-15-21(29)12-6-4-3-5-7-13-23(30)26(37)35-18-22(14-24(35)25(36)31-29)42-28(39)34-16-19-10-8-9-11-20(19)17-34/h6,8-12,21-24H,3-5,7,13-18,30H2,1-2H3,(H,31,36)(H,32,38)/p+1/b12-6-/t21-,22+,23-,24-,29+/m0/s1. The Hall–Kier alpha value is -3.49. The topological polar surface area (TPSA) is 173 Å². The molecule has 5 atom stereocenters. The Bertz CT molecular complexity index is 1390. The summed E-state index contributed by atoms with van der Waals surface area (Å²) < 4.78 is 33.7. The van der Waals surface area contributed by atoms with Gasteiger partial charge in [0.2, 0.25) is 5.91 Å². The lowest BCUT2D eigenvalue weighted by Crippen LogP contribution is -2.69. The summed E-state index contributed by atoms with van der Waals surface area (Å²) in [6.07, 6.45) is 6.69. The zero-order chi connectivity index (χ0) is 30.9. The van der Waals surface area contributed by atoms with E-state index in [4.69, 9.17) is 4.74 Å². The van der Waals surface area contributed by atoms with E-state index in [2.05, 4.69) is 15.8 Å². The maximum Gasteiger partial charge on any atom is 0.410 e. The molecule has 0 bridgehead atoms. The fraction of sp³-hybridized carbons (Fsp3) is 0.586. The Morgan fingerprint density at radius 3 is 2.49 bits per heavy atom. The van der Waals surface area contributed by atoms with E-state index in [1.54, 1.807) is 4.90 Å². The molecule has 43 heavy (non-hydrogen) atoms. The van der Waals surface area contributed by atoms with Crippen LogP contribution in [-0.2, 0) is 42.4 Å². The predicted molar refractivity (Wildman–Crippen MR) is 155 cm³/mol. The zero-order valence-electron chi connectivity index (χ0n) is 24.7. The minimum atomic E-state index is -4.10. The fourth-order valence-electron chi connectivity index (χ4n) is 6.09. The first-order valence-corrected chi connectivity index (χ1v) is 16.2. The number of benzene rings is 1. The lowest BCUT2D eigenvalue weighted by Gasteiger charge is -2.27. The van der Waals surface area contributed by atoms with Gasteiger partial charge in [-0.25, -0.2) is 9.52 Å². The van der Waals surface area contributed by atoms with Gasteiger partial charge in [0.1, 0.15) is 17.7 Å². The van der Waals surface area contributed by atoms with Gasteiger partial charge in [-0.1, -0.05) is 42.8 Å². The third-order valence-corrected chi connectivity index (χ3v) is 10.2. The van der Waals surface area contributed by atoms with Crippen LogP contribution in [0, 0.1) is 5.92 Å². The number of quaternary nitrogens is 1. The van der Waals surface area contributed by atoms with Gasteiger partial charge in [-0.3, -0.25) is 19.3 Å². The van der Waals surface area contributed by atoms with Crippen LogP contribution in [-0.4, -0.2) is 90.7 Å². The van der Waals surface area contributed by atoms with Crippen molar-refractivity contribution in [3.8, 4) is 0 Å². The van der Waals surface area contributed by atoms with E-state index >= 15 is 0 Å². The highest BCUT2D eigenvalue weighted by atomic mass is 32.2. The number of nitrogens with zero attached hydrogens (tertiary/aromatic N) is 3. The number of hydrogen-bond donors (Lipinski definition) is 3. The van der Waals surface area contributed by atoms with Crippen molar-refractivity contribution in [1.29, 1.82) is 0 Å². The molecule has 13 nitrogen and oxygen atoms in total. The summed E-state index contributed by atoms with van der Waals surface area (Å²) in [5, 5.41) is 2.80. The summed E-state index contributed by atoms with van der Waals surface area (Å²) in [6.45, 7) is 0.849. The van der Waals surface area contributed by atoms with Gasteiger partial charge in [0.15, 0.2) is 6.04 Å². The smallest absolute Gasteiger partial charge is 0.410 e. The number of carbonyl (C=O) groups excluding carboxylic acids is 4. The summed E-state index contributed by atoms with van der Waals surface area (Å²) >= 11 is 0. The predicted octanol–water partition coefficient (Wildman–Crippen LogP) is 0.0366. The molecule has 1 saturated carbocycles. The average molecular weight is 618 g/mol. The van der Waals surface area contributed by atoms with Crippen LogP contribution in [0.3, 0.4) is 0 Å². The first-order chi connectivity index (χ1) is 20.4. The molecule has 4 amide bonds. The number of amides is 4. The van der Waals surface area contributed by atoms with Crippen LogP contribution in [0.4, 0.5) is 4.79 Å². The Kier molecular flexibility index (Phi) is 8.82. The van der Waals surface area contributed by atoms with Crippen LogP contribution in [0.15, 0.2) is 36.4 Å². The first-order valence-electron chi connectivity index (χ1n) is 14.8. The molecule has 0 radical (unpaired) electrons. The molecule has 5 rings (SSSR count). The normalized spacial score (nSPS) is 30.3. The molecule has 0 aromatic heterocycles.